The average molecular weight is 299 g/mol. The van der Waals surface area contributed by atoms with Crippen LogP contribution in [-0.4, -0.2) is 23.2 Å². The quantitative estimate of drug-likeness (QED) is 0.800. The number of rotatable bonds is 4. The zero-order valence-electron chi connectivity index (χ0n) is 11.8. The lowest BCUT2D eigenvalue weighted by molar-refractivity contribution is -0.114. The van der Waals surface area contributed by atoms with Crippen molar-refractivity contribution in [2.24, 2.45) is 0 Å². The van der Waals surface area contributed by atoms with Gasteiger partial charge >= 0.3 is 0 Å². The first-order valence-corrected chi connectivity index (χ1v) is 6.91. The Morgan fingerprint density at radius 1 is 1.20 bits per heavy atom. The summed E-state index contributed by atoms with van der Waals surface area (Å²) in [6, 6.07) is 8.40. The summed E-state index contributed by atoms with van der Waals surface area (Å²) in [6.45, 7) is 2.34. The molecular formula is C15H23ClN2O2. The van der Waals surface area contributed by atoms with Gasteiger partial charge in [0.2, 0.25) is 5.91 Å². The number of benzene rings is 1. The Morgan fingerprint density at radius 3 is 2.35 bits per heavy atom. The number of hydrogen-bond donors (Lipinski definition) is 3. The van der Waals surface area contributed by atoms with Crippen LogP contribution in [0.25, 0.3) is 0 Å². The summed E-state index contributed by atoms with van der Waals surface area (Å²) < 4.78 is 0. The second-order valence-electron chi connectivity index (χ2n) is 5.26. The molecule has 20 heavy (non-hydrogen) atoms. The lowest BCUT2D eigenvalue weighted by Crippen LogP contribution is -2.34. The van der Waals surface area contributed by atoms with E-state index in [4.69, 9.17) is 0 Å². The molecule has 1 aliphatic carbocycles. The summed E-state index contributed by atoms with van der Waals surface area (Å²) in [5, 5.41) is 15.7. The molecule has 4 nitrogen and oxygen atoms in total. The van der Waals surface area contributed by atoms with E-state index < -0.39 is 0 Å². The Labute approximate surface area is 126 Å². The Bertz CT molecular complexity index is 414. The Morgan fingerprint density at radius 2 is 1.80 bits per heavy atom. The molecule has 0 aliphatic heterocycles. The smallest absolute Gasteiger partial charge is 0.221 e. The van der Waals surface area contributed by atoms with Crippen LogP contribution in [0.3, 0.4) is 0 Å². The van der Waals surface area contributed by atoms with Gasteiger partial charge in [-0.1, -0.05) is 12.1 Å². The minimum Gasteiger partial charge on any atom is -0.393 e. The van der Waals surface area contributed by atoms with Crippen LogP contribution in [0, 0.1) is 0 Å². The van der Waals surface area contributed by atoms with E-state index in [0.717, 1.165) is 37.9 Å². The van der Waals surface area contributed by atoms with Crippen molar-refractivity contribution in [3.05, 3.63) is 29.8 Å². The molecule has 1 fully saturated rings. The lowest BCUT2D eigenvalue weighted by Gasteiger charge is -2.26. The van der Waals surface area contributed by atoms with E-state index in [1.807, 2.05) is 24.3 Å². The molecule has 5 heteroatoms. The van der Waals surface area contributed by atoms with Gasteiger partial charge in [0, 0.05) is 25.2 Å². The summed E-state index contributed by atoms with van der Waals surface area (Å²) in [5.41, 5.74) is 2.04. The van der Waals surface area contributed by atoms with E-state index in [1.165, 1.54) is 12.5 Å². The van der Waals surface area contributed by atoms with Crippen LogP contribution in [-0.2, 0) is 11.3 Å². The lowest BCUT2D eigenvalue weighted by atomic mass is 9.93. The maximum absolute atomic E-state index is 10.9. The first-order valence-electron chi connectivity index (χ1n) is 6.91. The minimum atomic E-state index is -0.102. The molecule has 0 unspecified atom stereocenters. The number of aliphatic hydroxyl groups excluding tert-OH is 1. The van der Waals surface area contributed by atoms with Crippen LogP contribution >= 0.6 is 12.4 Å². The number of carbonyl (C=O) groups excluding carboxylic acids is 1. The first-order chi connectivity index (χ1) is 9.13. The van der Waals surface area contributed by atoms with Crippen LogP contribution in [0.1, 0.15) is 38.2 Å². The number of halogens is 1. The van der Waals surface area contributed by atoms with Crippen molar-refractivity contribution in [1.29, 1.82) is 0 Å². The predicted octanol–water partition coefficient (Wildman–Crippen LogP) is 2.46. The average Bonchev–Trinajstić information content (AvgIpc) is 2.39. The third-order valence-corrected chi connectivity index (χ3v) is 3.57. The van der Waals surface area contributed by atoms with E-state index in [0.29, 0.717) is 6.04 Å². The summed E-state index contributed by atoms with van der Waals surface area (Å²) in [5.74, 6) is -0.0494. The number of hydrogen-bond acceptors (Lipinski definition) is 3. The molecule has 1 saturated carbocycles. The van der Waals surface area contributed by atoms with Crippen LogP contribution in [0.4, 0.5) is 5.69 Å². The van der Waals surface area contributed by atoms with E-state index in [1.54, 1.807) is 0 Å². The van der Waals surface area contributed by atoms with Crippen molar-refractivity contribution in [3.8, 4) is 0 Å². The van der Waals surface area contributed by atoms with E-state index in [2.05, 4.69) is 10.6 Å². The van der Waals surface area contributed by atoms with Crippen molar-refractivity contribution < 1.29 is 9.90 Å². The highest BCUT2D eigenvalue weighted by atomic mass is 35.5. The van der Waals surface area contributed by atoms with Gasteiger partial charge in [-0.15, -0.1) is 12.4 Å². The fourth-order valence-electron chi connectivity index (χ4n) is 2.45. The second-order valence-corrected chi connectivity index (χ2v) is 5.26. The van der Waals surface area contributed by atoms with Crippen LogP contribution in [0.15, 0.2) is 24.3 Å². The minimum absolute atomic E-state index is 0. The number of carbonyl (C=O) groups is 1. The summed E-state index contributed by atoms with van der Waals surface area (Å²) >= 11 is 0. The van der Waals surface area contributed by atoms with Gasteiger partial charge in [0.05, 0.1) is 6.10 Å². The molecule has 2 rings (SSSR count). The monoisotopic (exact) mass is 298 g/mol. The van der Waals surface area contributed by atoms with Gasteiger partial charge in [-0.2, -0.15) is 0 Å². The Balaban J connectivity index is 0.00000200. The van der Waals surface area contributed by atoms with Crippen LogP contribution in [0.5, 0.6) is 0 Å². The molecule has 112 valence electrons. The molecule has 1 amide bonds. The largest absolute Gasteiger partial charge is 0.393 e. The van der Waals surface area contributed by atoms with E-state index in [-0.39, 0.29) is 24.4 Å². The van der Waals surface area contributed by atoms with E-state index in [9.17, 15) is 9.90 Å². The molecule has 0 aromatic heterocycles. The van der Waals surface area contributed by atoms with Crippen LogP contribution in [0.2, 0.25) is 0 Å². The molecule has 0 atom stereocenters. The van der Waals surface area contributed by atoms with Crippen molar-refractivity contribution >= 4 is 24.0 Å². The zero-order valence-corrected chi connectivity index (χ0v) is 12.6. The third-order valence-electron chi connectivity index (χ3n) is 3.57. The second kappa shape index (κ2) is 8.25. The highest BCUT2D eigenvalue weighted by Gasteiger charge is 2.18. The normalized spacial score (nSPS) is 21.9. The van der Waals surface area contributed by atoms with Gasteiger partial charge in [-0.3, -0.25) is 4.79 Å². The number of amides is 1. The number of anilines is 1. The first kappa shape index (κ1) is 17.0. The molecule has 0 bridgehead atoms. The van der Waals surface area contributed by atoms with E-state index >= 15 is 0 Å². The molecule has 1 aliphatic rings. The van der Waals surface area contributed by atoms with Gasteiger partial charge in [-0.25, -0.2) is 0 Å². The van der Waals surface area contributed by atoms with Crippen molar-refractivity contribution in [2.75, 3.05) is 5.32 Å². The SMILES string of the molecule is CC(=O)Nc1ccc(CNC2CCC(O)CC2)cc1.Cl. The van der Waals surface area contributed by atoms with Crippen molar-refractivity contribution in [2.45, 2.75) is 51.3 Å². The highest BCUT2D eigenvalue weighted by Crippen LogP contribution is 2.19. The number of aliphatic hydroxyl groups is 1. The van der Waals surface area contributed by atoms with Gasteiger partial charge in [0.25, 0.3) is 0 Å². The van der Waals surface area contributed by atoms with Gasteiger partial charge < -0.3 is 15.7 Å². The summed E-state index contributed by atoms with van der Waals surface area (Å²) in [6.07, 6.45) is 3.80. The fraction of sp³-hybridized carbons (Fsp3) is 0.533. The van der Waals surface area contributed by atoms with Gasteiger partial charge in [-0.05, 0) is 43.4 Å². The molecule has 0 radical (unpaired) electrons. The third kappa shape index (κ3) is 5.49. The summed E-state index contributed by atoms with van der Waals surface area (Å²) in [7, 11) is 0. The number of nitrogens with one attached hydrogen (secondary N) is 2. The molecule has 0 saturated heterocycles. The topological polar surface area (TPSA) is 61.4 Å². The van der Waals surface area contributed by atoms with Crippen molar-refractivity contribution in [3.63, 3.8) is 0 Å². The standard InChI is InChI=1S/C15H22N2O2.ClH/c1-11(18)17-14-4-2-12(3-5-14)10-16-13-6-8-15(19)9-7-13;/h2-5,13,15-16,19H,6-10H2,1H3,(H,17,18);1H. The molecular weight excluding hydrogens is 276 g/mol. The molecule has 1 aromatic rings. The fourth-order valence-corrected chi connectivity index (χ4v) is 2.45. The Kier molecular flexibility index (Phi) is 6.99. The van der Waals surface area contributed by atoms with Crippen LogP contribution < -0.4 is 10.6 Å². The molecule has 3 N–H and O–H groups in total. The molecule has 0 spiro atoms. The maximum Gasteiger partial charge on any atom is 0.221 e. The Hall–Kier alpha value is -1.10. The molecule has 0 heterocycles. The summed E-state index contributed by atoms with van der Waals surface area (Å²) in [4.78, 5) is 10.9. The zero-order chi connectivity index (χ0) is 13.7. The maximum atomic E-state index is 10.9. The van der Waals surface area contributed by atoms with Crippen molar-refractivity contribution in [1.82, 2.24) is 5.32 Å². The predicted molar refractivity (Wildman–Crippen MR) is 83.1 cm³/mol. The van der Waals surface area contributed by atoms with Gasteiger partial charge in [0.1, 0.15) is 0 Å². The highest BCUT2D eigenvalue weighted by molar-refractivity contribution is 5.88. The molecule has 1 aromatic carbocycles. The van der Waals surface area contributed by atoms with Gasteiger partial charge in [0.15, 0.2) is 0 Å².